The van der Waals surface area contributed by atoms with Crippen LogP contribution in [0.25, 0.3) is 11.1 Å². The number of carboxylic acids is 2. The van der Waals surface area contributed by atoms with Crippen LogP contribution in [0.1, 0.15) is 37.8 Å². The summed E-state index contributed by atoms with van der Waals surface area (Å²) < 4.78 is 54.9. The van der Waals surface area contributed by atoms with E-state index in [1.807, 2.05) is 0 Å². The summed E-state index contributed by atoms with van der Waals surface area (Å²) in [7, 11) is -8.15. The molecule has 4 N–H and O–H groups in total. The summed E-state index contributed by atoms with van der Waals surface area (Å²) in [6, 6.07) is 6.32. The van der Waals surface area contributed by atoms with E-state index in [-0.39, 0.29) is 29.1 Å². The van der Waals surface area contributed by atoms with Crippen LogP contribution in [-0.4, -0.2) is 51.1 Å². The van der Waals surface area contributed by atoms with E-state index in [1.165, 1.54) is 24.3 Å². The zero-order valence-corrected chi connectivity index (χ0v) is 19.5. The highest BCUT2D eigenvalue weighted by atomic mass is 32.2. The highest BCUT2D eigenvalue weighted by Gasteiger charge is 2.28. The fraction of sp³-hybridized carbons (Fsp3) is 0.333. The molecule has 1 aliphatic carbocycles. The van der Waals surface area contributed by atoms with Gasteiger partial charge >= 0.3 is 11.9 Å². The maximum absolute atomic E-state index is 12.6. The van der Waals surface area contributed by atoms with Crippen LogP contribution >= 0.6 is 0 Å². The van der Waals surface area contributed by atoms with Gasteiger partial charge in [-0.3, -0.25) is 9.59 Å². The molecule has 0 unspecified atom stereocenters. The van der Waals surface area contributed by atoms with Crippen molar-refractivity contribution in [3.63, 3.8) is 0 Å². The highest BCUT2D eigenvalue weighted by Crippen LogP contribution is 2.38. The molecule has 178 valence electrons. The molecule has 2 aromatic rings. The van der Waals surface area contributed by atoms with Crippen molar-refractivity contribution in [3.05, 3.63) is 47.5 Å². The summed E-state index contributed by atoms with van der Waals surface area (Å²) in [4.78, 5) is 22.2. The SMILES string of the molecule is CC[C@@H](NS(=O)(=O)c1ccc2c(c1)Cc1cc(S(=O)(=O)N[C@H](CC)C(=O)O)ccc1-2)C(=O)O. The second-order valence-electron chi connectivity index (χ2n) is 7.66. The highest BCUT2D eigenvalue weighted by molar-refractivity contribution is 7.89. The van der Waals surface area contributed by atoms with E-state index in [0.29, 0.717) is 11.1 Å². The van der Waals surface area contributed by atoms with Crippen LogP contribution in [0.2, 0.25) is 0 Å². The van der Waals surface area contributed by atoms with E-state index >= 15 is 0 Å². The van der Waals surface area contributed by atoms with Crippen molar-refractivity contribution in [1.29, 1.82) is 0 Å². The van der Waals surface area contributed by atoms with Gasteiger partial charge in [0.15, 0.2) is 0 Å². The lowest BCUT2D eigenvalue weighted by Crippen LogP contribution is -2.40. The molecule has 0 heterocycles. The lowest BCUT2D eigenvalue weighted by molar-refractivity contribution is -0.139. The first-order chi connectivity index (χ1) is 15.4. The van der Waals surface area contributed by atoms with Gasteiger partial charge in [0, 0.05) is 0 Å². The number of aliphatic carboxylic acids is 2. The zero-order valence-electron chi connectivity index (χ0n) is 17.9. The largest absolute Gasteiger partial charge is 0.480 e. The number of hydrogen-bond acceptors (Lipinski definition) is 6. The van der Waals surface area contributed by atoms with Gasteiger partial charge in [-0.1, -0.05) is 26.0 Å². The molecule has 2 aromatic carbocycles. The fourth-order valence-corrected chi connectivity index (χ4v) is 6.27. The third-order valence-corrected chi connectivity index (χ3v) is 8.39. The quantitative estimate of drug-likeness (QED) is 0.328. The summed E-state index contributed by atoms with van der Waals surface area (Å²) >= 11 is 0. The van der Waals surface area contributed by atoms with Gasteiger partial charge in [0.25, 0.3) is 0 Å². The normalized spacial score (nSPS) is 14.8. The van der Waals surface area contributed by atoms with Crippen LogP contribution in [0.5, 0.6) is 0 Å². The van der Waals surface area contributed by atoms with Gasteiger partial charge in [0.1, 0.15) is 12.1 Å². The first-order valence-corrected chi connectivity index (χ1v) is 13.1. The van der Waals surface area contributed by atoms with Gasteiger partial charge in [-0.25, -0.2) is 16.8 Å². The number of fused-ring (bicyclic) bond motifs is 3. The Kier molecular flexibility index (Phi) is 6.93. The number of hydrogen-bond donors (Lipinski definition) is 4. The van der Waals surface area contributed by atoms with Gasteiger partial charge < -0.3 is 10.2 Å². The number of sulfonamides is 2. The first kappa shape index (κ1) is 24.8. The van der Waals surface area contributed by atoms with Crippen molar-refractivity contribution in [2.24, 2.45) is 0 Å². The number of benzene rings is 2. The number of rotatable bonds is 10. The van der Waals surface area contributed by atoms with E-state index in [1.54, 1.807) is 26.0 Å². The summed E-state index contributed by atoms with van der Waals surface area (Å²) in [5, 5.41) is 18.3. The zero-order chi connectivity index (χ0) is 24.6. The standard InChI is InChI=1S/C21H24N2O8S2/c1-3-18(20(24)25)22-32(28,29)14-5-7-16-12(10-14)9-13-11-15(6-8-17(13)16)33(30,31)23-19(4-2)21(26)27/h5-8,10-11,18-19,22-23H,3-4,9H2,1-2H3,(H,24,25)(H,26,27)/t18-,19-/m1/s1. The molecule has 2 atom stereocenters. The minimum absolute atomic E-state index is 0.0804. The monoisotopic (exact) mass is 496 g/mol. The Hall–Kier alpha value is -2.80. The van der Waals surface area contributed by atoms with Crippen molar-refractivity contribution < 1.29 is 36.6 Å². The summed E-state index contributed by atoms with van der Waals surface area (Å²) in [5.41, 5.74) is 2.78. The third kappa shape index (κ3) is 5.08. The molecule has 0 fully saturated rings. The minimum Gasteiger partial charge on any atom is -0.480 e. The van der Waals surface area contributed by atoms with E-state index in [9.17, 15) is 26.4 Å². The fourth-order valence-electron chi connectivity index (χ4n) is 3.63. The smallest absolute Gasteiger partial charge is 0.321 e. The summed E-state index contributed by atoms with van der Waals surface area (Å²) in [6.45, 7) is 3.11. The number of nitrogens with one attached hydrogen (secondary N) is 2. The second kappa shape index (κ2) is 9.21. The molecule has 0 amide bonds. The molecule has 0 saturated heterocycles. The first-order valence-electron chi connectivity index (χ1n) is 10.2. The summed E-state index contributed by atoms with van der Waals surface area (Å²) in [6.07, 6.45) is 0.428. The predicted molar refractivity (Wildman–Crippen MR) is 119 cm³/mol. The van der Waals surface area contributed by atoms with Gasteiger partial charge in [0.05, 0.1) is 9.79 Å². The van der Waals surface area contributed by atoms with Crippen LogP contribution in [0, 0.1) is 0 Å². The lowest BCUT2D eigenvalue weighted by atomic mass is 10.1. The number of carbonyl (C=O) groups is 2. The molecule has 12 heteroatoms. The molecule has 3 rings (SSSR count). The Morgan fingerprint density at radius 3 is 1.45 bits per heavy atom. The molecular weight excluding hydrogens is 472 g/mol. The van der Waals surface area contributed by atoms with E-state index in [2.05, 4.69) is 9.44 Å². The van der Waals surface area contributed by atoms with Crippen molar-refractivity contribution >= 4 is 32.0 Å². The maximum atomic E-state index is 12.6. The molecule has 0 bridgehead atoms. The second-order valence-corrected chi connectivity index (χ2v) is 11.1. The number of carboxylic acid groups (broad SMARTS) is 2. The van der Waals surface area contributed by atoms with Crippen LogP contribution in [-0.2, 0) is 36.1 Å². The minimum atomic E-state index is -4.07. The molecular formula is C21H24N2O8S2. The lowest BCUT2D eigenvalue weighted by Gasteiger charge is -2.14. The van der Waals surface area contributed by atoms with E-state index in [4.69, 9.17) is 10.2 Å². The van der Waals surface area contributed by atoms with Gasteiger partial charge in [-0.05, 0) is 65.8 Å². The Morgan fingerprint density at radius 1 is 0.788 bits per heavy atom. The molecule has 0 radical (unpaired) electrons. The molecule has 0 aromatic heterocycles. The van der Waals surface area contributed by atoms with Crippen LogP contribution in [0.3, 0.4) is 0 Å². The van der Waals surface area contributed by atoms with Crippen LogP contribution in [0.15, 0.2) is 46.2 Å². The third-order valence-electron chi connectivity index (χ3n) is 5.45. The average molecular weight is 497 g/mol. The van der Waals surface area contributed by atoms with Crippen molar-refractivity contribution in [1.82, 2.24) is 9.44 Å². The van der Waals surface area contributed by atoms with Gasteiger partial charge in [-0.15, -0.1) is 0 Å². The van der Waals surface area contributed by atoms with Crippen LogP contribution < -0.4 is 9.44 Å². The topological polar surface area (TPSA) is 167 Å². The van der Waals surface area contributed by atoms with E-state index < -0.39 is 44.1 Å². The Labute approximate surface area is 191 Å². The van der Waals surface area contributed by atoms with Gasteiger partial charge in [-0.2, -0.15) is 9.44 Å². The molecule has 0 saturated carbocycles. The maximum Gasteiger partial charge on any atom is 0.321 e. The van der Waals surface area contributed by atoms with E-state index in [0.717, 1.165) is 11.1 Å². The van der Waals surface area contributed by atoms with Gasteiger partial charge in [0.2, 0.25) is 20.0 Å². The molecule has 1 aliphatic rings. The molecule has 33 heavy (non-hydrogen) atoms. The Bertz CT molecular complexity index is 1220. The van der Waals surface area contributed by atoms with Crippen molar-refractivity contribution in [3.8, 4) is 11.1 Å². The van der Waals surface area contributed by atoms with Crippen molar-refractivity contribution in [2.75, 3.05) is 0 Å². The Morgan fingerprint density at radius 2 is 1.15 bits per heavy atom. The molecule has 0 spiro atoms. The summed E-state index contributed by atoms with van der Waals surface area (Å²) in [5.74, 6) is -2.55. The Balaban J connectivity index is 1.90. The average Bonchev–Trinajstić information content (AvgIpc) is 3.12. The van der Waals surface area contributed by atoms with Crippen LogP contribution in [0.4, 0.5) is 0 Å². The van der Waals surface area contributed by atoms with Crippen molar-refractivity contribution in [2.45, 2.75) is 55.0 Å². The molecule has 0 aliphatic heterocycles. The molecule has 10 nitrogen and oxygen atoms in total. The predicted octanol–water partition coefficient (Wildman–Crippen LogP) is 1.54.